The van der Waals surface area contributed by atoms with Gasteiger partial charge in [0.1, 0.15) is 6.61 Å². The van der Waals surface area contributed by atoms with Gasteiger partial charge in [0.05, 0.1) is 6.54 Å². The molecule has 1 rings (SSSR count). The molecule has 0 spiro atoms. The molecule has 0 saturated heterocycles. The van der Waals surface area contributed by atoms with Crippen LogP contribution in [0.25, 0.3) is 0 Å². The Morgan fingerprint density at radius 2 is 1.84 bits per heavy atom. The number of hydroxylamine groups is 2. The zero-order valence-electron chi connectivity index (χ0n) is 11.5. The Morgan fingerprint density at radius 3 is 2.37 bits per heavy atom. The van der Waals surface area contributed by atoms with E-state index in [1.165, 1.54) is 6.92 Å². The van der Waals surface area contributed by atoms with Crippen LogP contribution in [0.2, 0.25) is 0 Å². The molecule has 0 unspecified atom stereocenters. The van der Waals surface area contributed by atoms with Gasteiger partial charge in [-0.25, -0.2) is 4.79 Å². The lowest BCUT2D eigenvalue weighted by molar-refractivity contribution is -0.180. The van der Waals surface area contributed by atoms with Crippen LogP contribution in [-0.4, -0.2) is 23.7 Å². The van der Waals surface area contributed by atoms with E-state index in [4.69, 9.17) is 9.57 Å². The predicted molar refractivity (Wildman–Crippen MR) is 69.9 cm³/mol. The summed E-state index contributed by atoms with van der Waals surface area (Å²) in [6, 6.07) is 9.31. The molecule has 19 heavy (non-hydrogen) atoms. The molecule has 0 aromatic heterocycles. The number of nitrogens with zero attached hydrogens (tertiary/aromatic N) is 1. The maximum atomic E-state index is 11.8. The summed E-state index contributed by atoms with van der Waals surface area (Å²) in [5.41, 5.74) is 0.878. The van der Waals surface area contributed by atoms with Crippen LogP contribution in [0, 0.1) is 5.92 Å². The summed E-state index contributed by atoms with van der Waals surface area (Å²) in [6.07, 6.45) is -0.659. The highest BCUT2D eigenvalue weighted by molar-refractivity contribution is 5.71. The van der Waals surface area contributed by atoms with Gasteiger partial charge in [0, 0.05) is 6.92 Å². The van der Waals surface area contributed by atoms with Gasteiger partial charge in [0.25, 0.3) is 0 Å². The second-order valence-corrected chi connectivity index (χ2v) is 4.58. The third kappa shape index (κ3) is 5.90. The molecular weight excluding hydrogens is 246 g/mol. The largest absolute Gasteiger partial charge is 0.443 e. The number of carbonyl (C=O) groups is 2. The zero-order valence-corrected chi connectivity index (χ0v) is 11.5. The minimum atomic E-state index is -0.659. The minimum absolute atomic E-state index is 0.148. The standard InChI is InChI=1S/C14H19NO4/c1-11(2)9-15(19-12(3)16)14(17)18-10-13-7-5-4-6-8-13/h4-8,11H,9-10H2,1-3H3. The Kier molecular flexibility index (Phi) is 5.85. The van der Waals surface area contributed by atoms with Crippen LogP contribution < -0.4 is 0 Å². The lowest BCUT2D eigenvalue weighted by Crippen LogP contribution is -2.36. The molecule has 1 amide bonds. The molecule has 0 bridgehead atoms. The molecule has 0 fully saturated rings. The first kappa shape index (κ1) is 15.0. The molecular formula is C14H19NO4. The van der Waals surface area contributed by atoms with Crippen LogP contribution in [0.4, 0.5) is 4.79 Å². The van der Waals surface area contributed by atoms with Crippen LogP contribution in [-0.2, 0) is 21.0 Å². The van der Waals surface area contributed by atoms with Crippen molar-refractivity contribution in [3.63, 3.8) is 0 Å². The maximum absolute atomic E-state index is 11.8. The summed E-state index contributed by atoms with van der Waals surface area (Å²) in [5, 5.41) is 0.954. The maximum Gasteiger partial charge on any atom is 0.443 e. The van der Waals surface area contributed by atoms with Crippen molar-refractivity contribution in [3.8, 4) is 0 Å². The molecule has 0 N–H and O–H groups in total. The van der Waals surface area contributed by atoms with E-state index in [1.54, 1.807) is 0 Å². The van der Waals surface area contributed by atoms with E-state index in [9.17, 15) is 9.59 Å². The summed E-state index contributed by atoms with van der Waals surface area (Å²) in [6.45, 7) is 5.53. The molecule has 1 aromatic rings. The van der Waals surface area contributed by atoms with Crippen molar-refractivity contribution in [2.75, 3.05) is 6.54 Å². The van der Waals surface area contributed by atoms with Gasteiger partial charge in [-0.05, 0) is 11.5 Å². The van der Waals surface area contributed by atoms with Crippen LogP contribution in [0.5, 0.6) is 0 Å². The molecule has 1 aromatic carbocycles. The minimum Gasteiger partial charge on any atom is -0.442 e. The molecule has 0 heterocycles. The van der Waals surface area contributed by atoms with E-state index in [1.807, 2.05) is 44.2 Å². The van der Waals surface area contributed by atoms with Crippen molar-refractivity contribution in [1.82, 2.24) is 5.06 Å². The third-order valence-electron chi connectivity index (χ3n) is 2.18. The van der Waals surface area contributed by atoms with Gasteiger partial charge in [0.2, 0.25) is 0 Å². The van der Waals surface area contributed by atoms with Crippen molar-refractivity contribution >= 4 is 12.1 Å². The van der Waals surface area contributed by atoms with E-state index in [2.05, 4.69) is 0 Å². The van der Waals surface area contributed by atoms with Gasteiger partial charge in [-0.2, -0.15) is 0 Å². The first-order valence-corrected chi connectivity index (χ1v) is 6.15. The quantitative estimate of drug-likeness (QED) is 0.785. The second-order valence-electron chi connectivity index (χ2n) is 4.58. The van der Waals surface area contributed by atoms with Gasteiger partial charge < -0.3 is 9.57 Å². The Balaban J connectivity index is 2.54. The van der Waals surface area contributed by atoms with Crippen molar-refractivity contribution in [1.29, 1.82) is 0 Å². The number of benzene rings is 1. The van der Waals surface area contributed by atoms with Crippen molar-refractivity contribution in [2.24, 2.45) is 5.92 Å². The highest BCUT2D eigenvalue weighted by Gasteiger charge is 2.19. The number of carbonyl (C=O) groups excluding carboxylic acids is 2. The van der Waals surface area contributed by atoms with Crippen LogP contribution in [0.15, 0.2) is 30.3 Å². The first-order chi connectivity index (χ1) is 8.99. The molecule has 5 heteroatoms. The molecule has 0 saturated carbocycles. The van der Waals surface area contributed by atoms with Gasteiger partial charge >= 0.3 is 12.1 Å². The Labute approximate surface area is 113 Å². The molecule has 0 radical (unpaired) electrons. The monoisotopic (exact) mass is 265 g/mol. The molecule has 0 aliphatic rings. The van der Waals surface area contributed by atoms with Crippen molar-refractivity contribution in [2.45, 2.75) is 27.4 Å². The number of amides is 1. The van der Waals surface area contributed by atoms with Gasteiger partial charge in [-0.3, -0.25) is 4.79 Å². The lowest BCUT2D eigenvalue weighted by Gasteiger charge is -2.21. The zero-order chi connectivity index (χ0) is 14.3. The van der Waals surface area contributed by atoms with E-state index in [0.29, 0.717) is 6.54 Å². The van der Waals surface area contributed by atoms with E-state index in [-0.39, 0.29) is 12.5 Å². The van der Waals surface area contributed by atoms with Crippen LogP contribution >= 0.6 is 0 Å². The van der Waals surface area contributed by atoms with Crippen LogP contribution in [0.3, 0.4) is 0 Å². The number of hydrogen-bond donors (Lipinski definition) is 0. The van der Waals surface area contributed by atoms with E-state index in [0.717, 1.165) is 10.6 Å². The Morgan fingerprint density at radius 1 is 1.21 bits per heavy atom. The number of ether oxygens (including phenoxy) is 1. The molecule has 0 aliphatic carbocycles. The molecule has 5 nitrogen and oxygen atoms in total. The van der Waals surface area contributed by atoms with E-state index < -0.39 is 12.1 Å². The van der Waals surface area contributed by atoms with Gasteiger partial charge in [-0.15, -0.1) is 5.06 Å². The first-order valence-electron chi connectivity index (χ1n) is 6.15. The molecule has 0 atom stereocenters. The lowest BCUT2D eigenvalue weighted by atomic mass is 10.2. The average Bonchev–Trinajstić information content (AvgIpc) is 2.35. The summed E-state index contributed by atoms with van der Waals surface area (Å²) in [5.74, 6) is -0.374. The van der Waals surface area contributed by atoms with Crippen molar-refractivity contribution < 1.29 is 19.2 Å². The predicted octanol–water partition coefficient (Wildman–Crippen LogP) is 2.76. The SMILES string of the molecule is CC(=O)ON(CC(C)C)C(=O)OCc1ccccc1. The topological polar surface area (TPSA) is 55.8 Å². The second kappa shape index (κ2) is 7.41. The summed E-state index contributed by atoms with van der Waals surface area (Å²) >= 11 is 0. The fraction of sp³-hybridized carbons (Fsp3) is 0.429. The third-order valence-corrected chi connectivity index (χ3v) is 2.18. The fourth-order valence-electron chi connectivity index (χ4n) is 1.43. The summed E-state index contributed by atoms with van der Waals surface area (Å²) in [7, 11) is 0. The average molecular weight is 265 g/mol. The highest BCUT2D eigenvalue weighted by atomic mass is 16.7. The normalized spacial score (nSPS) is 10.1. The number of rotatable bonds is 4. The molecule has 0 aliphatic heterocycles. The summed E-state index contributed by atoms with van der Waals surface area (Å²) < 4.78 is 5.10. The Hall–Kier alpha value is -2.04. The van der Waals surface area contributed by atoms with Gasteiger partial charge in [-0.1, -0.05) is 44.2 Å². The van der Waals surface area contributed by atoms with Gasteiger partial charge in [0.15, 0.2) is 0 Å². The molecule has 104 valence electrons. The van der Waals surface area contributed by atoms with Crippen LogP contribution in [0.1, 0.15) is 26.3 Å². The van der Waals surface area contributed by atoms with Crippen molar-refractivity contribution in [3.05, 3.63) is 35.9 Å². The number of hydrogen-bond acceptors (Lipinski definition) is 4. The Bertz CT molecular complexity index is 417. The van der Waals surface area contributed by atoms with E-state index >= 15 is 0 Å². The smallest absolute Gasteiger partial charge is 0.442 e. The summed E-state index contributed by atoms with van der Waals surface area (Å²) in [4.78, 5) is 27.6. The fourth-order valence-corrected chi connectivity index (χ4v) is 1.43. The highest BCUT2D eigenvalue weighted by Crippen LogP contribution is 2.06.